The van der Waals surface area contributed by atoms with Gasteiger partial charge in [0.15, 0.2) is 0 Å². The van der Waals surface area contributed by atoms with Crippen molar-refractivity contribution in [1.82, 2.24) is 10.2 Å². The first-order valence-electron chi connectivity index (χ1n) is 13.2. The van der Waals surface area contributed by atoms with E-state index in [1.54, 1.807) is 0 Å². The number of amides is 2. The quantitative estimate of drug-likeness (QED) is 0.224. The van der Waals surface area contributed by atoms with Gasteiger partial charge in [-0.1, -0.05) is 110 Å². The van der Waals surface area contributed by atoms with Crippen LogP contribution in [0.5, 0.6) is 0 Å². The molecule has 0 radical (unpaired) electrons. The summed E-state index contributed by atoms with van der Waals surface area (Å²) < 4.78 is 0. The van der Waals surface area contributed by atoms with E-state index in [0.717, 1.165) is 38.8 Å². The number of carbonyl (C=O) groups is 2. The highest BCUT2D eigenvalue weighted by Crippen LogP contribution is 2.19. The smallest absolute Gasteiger partial charge is 0.225 e. The van der Waals surface area contributed by atoms with E-state index < -0.39 is 0 Å². The van der Waals surface area contributed by atoms with Crippen molar-refractivity contribution in [2.24, 2.45) is 5.92 Å². The van der Waals surface area contributed by atoms with Crippen molar-refractivity contribution in [1.29, 1.82) is 0 Å². The Morgan fingerprint density at radius 1 is 0.767 bits per heavy atom. The molecule has 1 rings (SSSR count). The van der Waals surface area contributed by atoms with E-state index in [1.807, 2.05) is 4.90 Å². The molecule has 0 aliphatic carbocycles. The number of rotatable bonds is 20. The molecule has 2 amide bonds. The Kier molecular flexibility index (Phi) is 16.8. The highest BCUT2D eigenvalue weighted by molar-refractivity contribution is 5.89. The fourth-order valence-electron chi connectivity index (χ4n) is 4.39. The van der Waals surface area contributed by atoms with Crippen molar-refractivity contribution >= 4 is 11.8 Å². The fraction of sp³-hybridized carbons (Fsp3) is 0.923. The summed E-state index contributed by atoms with van der Waals surface area (Å²) in [5.74, 6) is 0.104. The molecule has 0 bridgehead atoms. The van der Waals surface area contributed by atoms with Crippen LogP contribution >= 0.6 is 0 Å². The summed E-state index contributed by atoms with van der Waals surface area (Å²) in [4.78, 5) is 26.3. The Bertz CT molecular complexity index is 439. The predicted molar refractivity (Wildman–Crippen MR) is 128 cm³/mol. The molecule has 4 heteroatoms. The topological polar surface area (TPSA) is 49.4 Å². The average molecular weight is 423 g/mol. The summed E-state index contributed by atoms with van der Waals surface area (Å²) in [6.07, 6.45) is 22.6. The maximum atomic E-state index is 12.2. The fourth-order valence-corrected chi connectivity index (χ4v) is 4.39. The summed E-state index contributed by atoms with van der Waals surface area (Å²) in [6, 6.07) is 0. The Labute approximate surface area is 186 Å². The number of nitrogens with one attached hydrogen (secondary N) is 1. The molecule has 1 atom stereocenters. The van der Waals surface area contributed by atoms with E-state index >= 15 is 0 Å². The molecule has 176 valence electrons. The first-order chi connectivity index (χ1) is 14.7. The van der Waals surface area contributed by atoms with Gasteiger partial charge in [-0.3, -0.25) is 9.59 Å². The normalized spacial score (nSPS) is 16.4. The molecular weight excluding hydrogens is 372 g/mol. The SMILES string of the molecule is CCCCCCCCCCCCCCCCN1CC(C(=O)NCCCCC)CC1=O. The highest BCUT2D eigenvalue weighted by atomic mass is 16.2. The first-order valence-corrected chi connectivity index (χ1v) is 13.2. The molecule has 1 aliphatic rings. The van der Waals surface area contributed by atoms with Gasteiger partial charge in [-0.25, -0.2) is 0 Å². The molecule has 30 heavy (non-hydrogen) atoms. The van der Waals surface area contributed by atoms with Gasteiger partial charge >= 0.3 is 0 Å². The summed E-state index contributed by atoms with van der Waals surface area (Å²) in [5.41, 5.74) is 0. The molecule has 0 aromatic rings. The number of hydrogen-bond acceptors (Lipinski definition) is 2. The molecule has 1 heterocycles. The lowest BCUT2D eigenvalue weighted by Gasteiger charge is -2.16. The third-order valence-electron chi connectivity index (χ3n) is 6.45. The molecule has 1 saturated heterocycles. The van der Waals surface area contributed by atoms with Gasteiger partial charge in [0, 0.05) is 26.1 Å². The second-order valence-corrected chi connectivity index (χ2v) is 9.34. The van der Waals surface area contributed by atoms with Gasteiger partial charge in [0.25, 0.3) is 0 Å². The number of hydrogen-bond donors (Lipinski definition) is 1. The molecule has 1 N–H and O–H groups in total. The van der Waals surface area contributed by atoms with Crippen LogP contribution in [0.1, 0.15) is 129 Å². The number of likely N-dealkylation sites (tertiary alicyclic amines) is 1. The van der Waals surface area contributed by atoms with Gasteiger partial charge in [0.2, 0.25) is 11.8 Å². The van der Waals surface area contributed by atoms with Gasteiger partial charge in [0.1, 0.15) is 0 Å². The zero-order chi connectivity index (χ0) is 21.9. The van der Waals surface area contributed by atoms with E-state index in [1.165, 1.54) is 83.5 Å². The lowest BCUT2D eigenvalue weighted by Crippen LogP contribution is -2.33. The number of carbonyl (C=O) groups excluding carboxylic acids is 2. The molecule has 0 aromatic carbocycles. The van der Waals surface area contributed by atoms with Gasteiger partial charge in [-0.05, 0) is 12.8 Å². The maximum absolute atomic E-state index is 12.2. The second-order valence-electron chi connectivity index (χ2n) is 9.34. The summed E-state index contributed by atoms with van der Waals surface area (Å²) in [5, 5.41) is 3.00. The third-order valence-corrected chi connectivity index (χ3v) is 6.45. The molecule has 0 spiro atoms. The maximum Gasteiger partial charge on any atom is 0.225 e. The molecule has 1 aliphatic heterocycles. The van der Waals surface area contributed by atoms with Gasteiger partial charge in [-0.2, -0.15) is 0 Å². The predicted octanol–water partition coefficient (Wildman–Crippen LogP) is 6.62. The Hall–Kier alpha value is -1.06. The van der Waals surface area contributed by atoms with Crippen molar-refractivity contribution in [3.8, 4) is 0 Å². The summed E-state index contributed by atoms with van der Waals surface area (Å²) in [7, 11) is 0. The van der Waals surface area contributed by atoms with Crippen molar-refractivity contribution in [3.63, 3.8) is 0 Å². The largest absolute Gasteiger partial charge is 0.356 e. The van der Waals surface area contributed by atoms with E-state index in [4.69, 9.17) is 0 Å². The van der Waals surface area contributed by atoms with Crippen LogP contribution in [0, 0.1) is 5.92 Å². The Morgan fingerprint density at radius 2 is 1.23 bits per heavy atom. The molecule has 0 saturated carbocycles. The van der Waals surface area contributed by atoms with Crippen LogP contribution < -0.4 is 5.32 Å². The van der Waals surface area contributed by atoms with E-state index in [9.17, 15) is 9.59 Å². The van der Waals surface area contributed by atoms with Crippen LogP contribution in [0.3, 0.4) is 0 Å². The molecule has 1 unspecified atom stereocenters. The first kappa shape index (κ1) is 27.0. The second kappa shape index (κ2) is 18.7. The third kappa shape index (κ3) is 13.3. The van der Waals surface area contributed by atoms with Crippen LogP contribution in [-0.2, 0) is 9.59 Å². The van der Waals surface area contributed by atoms with E-state index in [2.05, 4.69) is 19.2 Å². The van der Waals surface area contributed by atoms with E-state index in [0.29, 0.717) is 13.0 Å². The number of unbranched alkanes of at least 4 members (excludes halogenated alkanes) is 15. The lowest BCUT2D eigenvalue weighted by atomic mass is 10.0. The molecular formula is C26H50N2O2. The number of nitrogens with zero attached hydrogens (tertiary/aromatic N) is 1. The van der Waals surface area contributed by atoms with Crippen molar-refractivity contribution < 1.29 is 9.59 Å². The van der Waals surface area contributed by atoms with E-state index in [-0.39, 0.29) is 17.7 Å². The molecule has 0 aromatic heterocycles. The standard InChI is InChI=1S/C26H50N2O2/c1-3-5-7-8-9-10-11-12-13-14-15-16-17-19-21-28-23-24(22-25(28)29)26(30)27-20-18-6-4-2/h24H,3-23H2,1-2H3,(H,27,30). The van der Waals surface area contributed by atoms with Crippen molar-refractivity contribution in [2.75, 3.05) is 19.6 Å². The minimum Gasteiger partial charge on any atom is -0.356 e. The van der Waals surface area contributed by atoms with Crippen LogP contribution in [0.15, 0.2) is 0 Å². The Balaban J connectivity index is 1.92. The average Bonchev–Trinajstić information content (AvgIpc) is 3.12. The summed E-state index contributed by atoms with van der Waals surface area (Å²) in [6.45, 7) is 6.63. The molecule has 4 nitrogen and oxygen atoms in total. The lowest BCUT2D eigenvalue weighted by molar-refractivity contribution is -0.129. The van der Waals surface area contributed by atoms with Crippen LogP contribution in [0.25, 0.3) is 0 Å². The van der Waals surface area contributed by atoms with Gasteiger partial charge in [0.05, 0.1) is 5.92 Å². The zero-order valence-electron chi connectivity index (χ0n) is 20.2. The summed E-state index contributed by atoms with van der Waals surface area (Å²) >= 11 is 0. The van der Waals surface area contributed by atoms with Gasteiger partial charge in [-0.15, -0.1) is 0 Å². The molecule has 1 fully saturated rings. The highest BCUT2D eigenvalue weighted by Gasteiger charge is 2.33. The minimum atomic E-state index is -0.134. The van der Waals surface area contributed by atoms with Crippen LogP contribution in [-0.4, -0.2) is 36.3 Å². The van der Waals surface area contributed by atoms with Crippen molar-refractivity contribution in [3.05, 3.63) is 0 Å². The van der Waals surface area contributed by atoms with Crippen LogP contribution in [0.2, 0.25) is 0 Å². The zero-order valence-corrected chi connectivity index (χ0v) is 20.2. The monoisotopic (exact) mass is 422 g/mol. The van der Waals surface area contributed by atoms with Crippen LogP contribution in [0.4, 0.5) is 0 Å². The van der Waals surface area contributed by atoms with Crippen molar-refractivity contribution in [2.45, 2.75) is 129 Å². The minimum absolute atomic E-state index is 0.0721. The Morgan fingerprint density at radius 3 is 1.77 bits per heavy atom. The van der Waals surface area contributed by atoms with Gasteiger partial charge < -0.3 is 10.2 Å².